The van der Waals surface area contributed by atoms with Crippen molar-refractivity contribution in [2.24, 2.45) is 0 Å². The zero-order valence-corrected chi connectivity index (χ0v) is 13.9. The molecule has 2 aromatic rings. The molecular weight excluding hydrogens is 342 g/mol. The fraction of sp³-hybridized carbons (Fsp3) is 0.188. The number of aliphatic carboxylic acids is 1. The first kappa shape index (κ1) is 16.8. The molecule has 0 atom stereocenters. The number of allylic oxidation sites excluding steroid dienone is 2. The third-order valence-electron chi connectivity index (χ3n) is 3.54. The van der Waals surface area contributed by atoms with E-state index in [1.165, 1.54) is 17.7 Å². The molecule has 3 rings (SSSR count). The molecule has 128 valence electrons. The molecule has 1 amide bonds. The number of rotatable bonds is 6. The number of carbonyl (C=O) groups is 2. The summed E-state index contributed by atoms with van der Waals surface area (Å²) in [6.07, 6.45) is 7.46. The summed E-state index contributed by atoms with van der Waals surface area (Å²) in [7, 11) is 0. The number of nitrogens with one attached hydrogen (secondary N) is 2. The molecule has 0 spiro atoms. The first-order chi connectivity index (χ1) is 12.1. The molecule has 0 saturated carbocycles. The lowest BCUT2D eigenvalue weighted by atomic mass is 9.98. The highest BCUT2D eigenvalue weighted by Crippen LogP contribution is 2.20. The number of hydrogen-bond donors (Lipinski definition) is 3. The van der Waals surface area contributed by atoms with Crippen LogP contribution in [-0.2, 0) is 4.79 Å². The molecule has 3 N–H and O–H groups in total. The van der Waals surface area contributed by atoms with Crippen LogP contribution in [0.25, 0.3) is 0 Å². The van der Waals surface area contributed by atoms with Crippen LogP contribution in [0.2, 0.25) is 0 Å². The van der Waals surface area contributed by atoms with Gasteiger partial charge in [0.2, 0.25) is 0 Å². The van der Waals surface area contributed by atoms with E-state index in [-0.39, 0.29) is 5.91 Å². The van der Waals surface area contributed by atoms with Gasteiger partial charge in [0.05, 0.1) is 0 Å². The normalized spacial score (nSPS) is 13.6. The second-order valence-corrected chi connectivity index (χ2v) is 6.12. The lowest BCUT2D eigenvalue weighted by Gasteiger charge is -2.12. The Bertz CT molecular complexity index is 844. The van der Waals surface area contributed by atoms with E-state index in [4.69, 9.17) is 5.11 Å². The molecule has 0 aromatic carbocycles. The van der Waals surface area contributed by atoms with Crippen molar-refractivity contribution in [3.8, 4) is 0 Å². The van der Waals surface area contributed by atoms with Crippen molar-refractivity contribution in [3.63, 3.8) is 0 Å². The van der Waals surface area contributed by atoms with Gasteiger partial charge in [0, 0.05) is 23.7 Å². The van der Waals surface area contributed by atoms with E-state index < -0.39 is 5.97 Å². The lowest BCUT2D eigenvalue weighted by molar-refractivity contribution is -0.132. The van der Waals surface area contributed by atoms with Gasteiger partial charge >= 0.3 is 5.97 Å². The molecule has 0 aliphatic heterocycles. The van der Waals surface area contributed by atoms with E-state index in [2.05, 4.69) is 25.6 Å². The number of anilines is 2. The third kappa shape index (κ3) is 4.48. The summed E-state index contributed by atoms with van der Waals surface area (Å²) < 4.78 is 0. The molecule has 0 saturated heterocycles. The molecule has 0 fully saturated rings. The average Bonchev–Trinajstić information content (AvgIpc) is 3.09. The summed E-state index contributed by atoms with van der Waals surface area (Å²) in [4.78, 5) is 35.1. The van der Waals surface area contributed by atoms with E-state index in [0.717, 1.165) is 5.57 Å². The van der Waals surface area contributed by atoms with Gasteiger partial charge in [0.15, 0.2) is 5.13 Å². The van der Waals surface area contributed by atoms with Crippen molar-refractivity contribution in [2.75, 3.05) is 11.9 Å². The molecule has 25 heavy (non-hydrogen) atoms. The van der Waals surface area contributed by atoms with Gasteiger partial charge in [0.25, 0.3) is 5.91 Å². The summed E-state index contributed by atoms with van der Waals surface area (Å²) in [5.74, 6) is -0.573. The van der Waals surface area contributed by atoms with Crippen LogP contribution in [0.1, 0.15) is 23.3 Å². The minimum atomic E-state index is -0.898. The van der Waals surface area contributed by atoms with Crippen molar-refractivity contribution >= 4 is 34.2 Å². The van der Waals surface area contributed by atoms with Gasteiger partial charge < -0.3 is 15.7 Å². The maximum Gasteiger partial charge on any atom is 0.331 e. The van der Waals surface area contributed by atoms with Crippen LogP contribution in [-0.4, -0.2) is 38.5 Å². The van der Waals surface area contributed by atoms with Crippen LogP contribution < -0.4 is 10.6 Å². The minimum Gasteiger partial charge on any atom is -0.478 e. The topological polar surface area (TPSA) is 117 Å². The number of amides is 1. The van der Waals surface area contributed by atoms with Crippen LogP contribution >= 0.6 is 11.3 Å². The van der Waals surface area contributed by atoms with Crippen LogP contribution in [0.4, 0.5) is 10.9 Å². The number of nitrogens with zero attached hydrogens (tertiary/aromatic N) is 3. The van der Waals surface area contributed by atoms with E-state index in [1.54, 1.807) is 29.8 Å². The van der Waals surface area contributed by atoms with Gasteiger partial charge in [0.1, 0.15) is 17.8 Å². The standard InChI is InChI=1S/C16H15N5O3S/c22-14(18-7-10-1-3-11(4-2-10)15(23)24)12-8-25-16(20-12)21-13-5-6-17-9-19-13/h1,3,5-6,8-9H,2,4,7H2,(H,18,22)(H,23,24)(H,17,19,20,21). The average molecular weight is 357 g/mol. The van der Waals surface area contributed by atoms with Gasteiger partial charge in [-0.05, 0) is 18.9 Å². The summed E-state index contributed by atoms with van der Waals surface area (Å²) in [5.41, 5.74) is 1.68. The molecule has 1 aliphatic rings. The highest BCUT2D eigenvalue weighted by molar-refractivity contribution is 7.14. The lowest BCUT2D eigenvalue weighted by Crippen LogP contribution is -2.26. The molecule has 1 aliphatic carbocycles. The summed E-state index contributed by atoms with van der Waals surface area (Å²) in [5, 5.41) is 16.9. The number of hydrogen-bond acceptors (Lipinski definition) is 7. The number of carboxylic acid groups (broad SMARTS) is 1. The van der Waals surface area contributed by atoms with Gasteiger partial charge in [-0.1, -0.05) is 17.7 Å². The highest BCUT2D eigenvalue weighted by Gasteiger charge is 2.14. The Kier molecular flexibility index (Phi) is 5.14. The fourth-order valence-electron chi connectivity index (χ4n) is 2.20. The number of carboxylic acids is 1. The van der Waals surface area contributed by atoms with Gasteiger partial charge in [-0.25, -0.2) is 19.7 Å². The van der Waals surface area contributed by atoms with Crippen molar-refractivity contribution < 1.29 is 14.7 Å². The molecular formula is C16H15N5O3S. The molecule has 2 aromatic heterocycles. The molecule has 0 unspecified atom stereocenters. The first-order valence-corrected chi connectivity index (χ1v) is 8.38. The number of thiazole rings is 1. The Balaban J connectivity index is 1.55. The van der Waals surface area contributed by atoms with Gasteiger partial charge in [-0.15, -0.1) is 11.3 Å². The van der Waals surface area contributed by atoms with Crippen molar-refractivity contribution in [2.45, 2.75) is 12.8 Å². The first-order valence-electron chi connectivity index (χ1n) is 7.50. The van der Waals surface area contributed by atoms with E-state index in [0.29, 0.717) is 41.6 Å². The Hall–Kier alpha value is -3.07. The van der Waals surface area contributed by atoms with Crippen LogP contribution in [0.15, 0.2) is 47.3 Å². The summed E-state index contributed by atoms with van der Waals surface area (Å²) in [6.45, 7) is 0.369. The number of aromatic nitrogens is 3. The second-order valence-electron chi connectivity index (χ2n) is 5.26. The zero-order chi connectivity index (χ0) is 17.6. The quantitative estimate of drug-likeness (QED) is 0.725. The van der Waals surface area contributed by atoms with Gasteiger partial charge in [-0.2, -0.15) is 0 Å². The second kappa shape index (κ2) is 7.67. The fourth-order valence-corrected chi connectivity index (χ4v) is 2.90. The van der Waals surface area contributed by atoms with Crippen LogP contribution in [0.5, 0.6) is 0 Å². The predicted molar refractivity (Wildman–Crippen MR) is 92.8 cm³/mol. The van der Waals surface area contributed by atoms with E-state index >= 15 is 0 Å². The Morgan fingerprint density at radius 1 is 1.28 bits per heavy atom. The maximum atomic E-state index is 12.2. The maximum absolute atomic E-state index is 12.2. The Morgan fingerprint density at radius 3 is 2.84 bits per heavy atom. The Labute approximate surface area is 147 Å². The Morgan fingerprint density at radius 2 is 2.16 bits per heavy atom. The largest absolute Gasteiger partial charge is 0.478 e. The molecule has 0 bridgehead atoms. The van der Waals surface area contributed by atoms with Crippen molar-refractivity contribution in [1.82, 2.24) is 20.3 Å². The minimum absolute atomic E-state index is 0.277. The molecule has 9 heteroatoms. The van der Waals surface area contributed by atoms with Crippen molar-refractivity contribution in [1.29, 1.82) is 0 Å². The SMILES string of the molecule is O=C(O)C1=CC=C(CNC(=O)c2csc(Nc3ccncn3)n2)CC1. The van der Waals surface area contributed by atoms with Crippen LogP contribution in [0.3, 0.4) is 0 Å². The smallest absolute Gasteiger partial charge is 0.331 e. The molecule has 0 radical (unpaired) electrons. The predicted octanol–water partition coefficient (Wildman–Crippen LogP) is 2.14. The number of carbonyl (C=O) groups excluding carboxylic acids is 1. The summed E-state index contributed by atoms with van der Waals surface area (Å²) >= 11 is 1.30. The molecule has 8 nitrogen and oxygen atoms in total. The molecule has 2 heterocycles. The van der Waals surface area contributed by atoms with E-state index in [1.807, 2.05) is 0 Å². The van der Waals surface area contributed by atoms with Crippen LogP contribution in [0, 0.1) is 0 Å². The monoisotopic (exact) mass is 357 g/mol. The highest BCUT2D eigenvalue weighted by atomic mass is 32.1. The van der Waals surface area contributed by atoms with E-state index in [9.17, 15) is 9.59 Å². The van der Waals surface area contributed by atoms with Crippen molar-refractivity contribution in [3.05, 3.63) is 53.0 Å². The zero-order valence-electron chi connectivity index (χ0n) is 13.1. The third-order valence-corrected chi connectivity index (χ3v) is 4.30. The van der Waals surface area contributed by atoms with Gasteiger partial charge in [-0.3, -0.25) is 4.79 Å². The summed E-state index contributed by atoms with van der Waals surface area (Å²) in [6, 6.07) is 1.70.